The van der Waals surface area contributed by atoms with Crippen LogP contribution in [-0.2, 0) is 0 Å². The van der Waals surface area contributed by atoms with Crippen molar-refractivity contribution in [3.05, 3.63) is 71.8 Å². The summed E-state index contributed by atoms with van der Waals surface area (Å²) in [6, 6.07) is 14.7. The summed E-state index contributed by atoms with van der Waals surface area (Å²) in [5.41, 5.74) is 4.88. The number of hydrogen-bond donors (Lipinski definition) is 2. The molecule has 0 aliphatic heterocycles. The van der Waals surface area contributed by atoms with Crippen molar-refractivity contribution in [2.24, 2.45) is 0 Å². The first-order valence-electron chi connectivity index (χ1n) is 6.69. The molecule has 0 heterocycles. The summed E-state index contributed by atoms with van der Waals surface area (Å²) in [7, 11) is 0. The molecule has 1 aliphatic rings. The average Bonchev–Trinajstić information content (AvgIpc) is 2.49. The predicted octanol–water partition coefficient (Wildman–Crippen LogP) is 4.36. The lowest BCUT2D eigenvalue weighted by atomic mass is 9.91. The van der Waals surface area contributed by atoms with Gasteiger partial charge in [0, 0.05) is 0 Å². The van der Waals surface area contributed by atoms with Gasteiger partial charge in [-0.2, -0.15) is 0 Å². The molecule has 1 aliphatic carbocycles. The van der Waals surface area contributed by atoms with Crippen molar-refractivity contribution in [2.75, 3.05) is 0 Å². The van der Waals surface area contributed by atoms with Crippen LogP contribution in [-0.4, -0.2) is 10.2 Å². The second-order valence-electron chi connectivity index (χ2n) is 4.96. The van der Waals surface area contributed by atoms with Crippen molar-refractivity contribution in [3.8, 4) is 11.5 Å². The Morgan fingerprint density at radius 2 is 0.900 bits per heavy atom. The van der Waals surface area contributed by atoms with E-state index in [2.05, 4.69) is 12.2 Å². The molecule has 0 amide bonds. The molecular formula is C18H16O2. The lowest BCUT2D eigenvalue weighted by Crippen LogP contribution is -1.92. The number of phenolic OH excluding ortho intramolecular Hbond substituents is 2. The summed E-state index contributed by atoms with van der Waals surface area (Å²) < 4.78 is 0. The molecule has 0 spiro atoms. The Bertz CT molecular complexity index is 600. The fourth-order valence-electron chi connectivity index (χ4n) is 2.46. The molecule has 2 heteroatoms. The van der Waals surface area contributed by atoms with Gasteiger partial charge in [0.15, 0.2) is 0 Å². The molecule has 2 aromatic rings. The zero-order valence-corrected chi connectivity index (χ0v) is 11.1. The van der Waals surface area contributed by atoms with Crippen LogP contribution in [0.1, 0.15) is 24.0 Å². The van der Waals surface area contributed by atoms with Gasteiger partial charge in [0.25, 0.3) is 0 Å². The van der Waals surface area contributed by atoms with E-state index in [9.17, 15) is 10.2 Å². The predicted molar refractivity (Wildman–Crippen MR) is 81.4 cm³/mol. The SMILES string of the molecule is Oc1ccc(C2=CCC(c3ccc(O)cc3)=CC2)cc1. The average molecular weight is 264 g/mol. The molecule has 0 saturated heterocycles. The standard InChI is InChI=1S/C18H16O2/c19-17-9-5-15(6-10-17)13-1-2-14(4-3-13)16-7-11-18(20)12-8-16/h1,4-12,19-20H,2-3H2. The van der Waals surface area contributed by atoms with Crippen LogP contribution in [0.15, 0.2) is 60.7 Å². The number of phenols is 2. The van der Waals surface area contributed by atoms with Crippen molar-refractivity contribution < 1.29 is 10.2 Å². The zero-order chi connectivity index (χ0) is 13.9. The van der Waals surface area contributed by atoms with Gasteiger partial charge in [-0.25, -0.2) is 0 Å². The highest BCUT2D eigenvalue weighted by molar-refractivity contribution is 5.78. The Morgan fingerprint density at radius 3 is 1.20 bits per heavy atom. The van der Waals surface area contributed by atoms with E-state index >= 15 is 0 Å². The monoisotopic (exact) mass is 264 g/mol. The summed E-state index contributed by atoms with van der Waals surface area (Å²) >= 11 is 0. The molecule has 0 bridgehead atoms. The van der Waals surface area contributed by atoms with Gasteiger partial charge in [-0.15, -0.1) is 0 Å². The second-order valence-corrected chi connectivity index (χ2v) is 4.96. The molecule has 0 radical (unpaired) electrons. The van der Waals surface area contributed by atoms with Gasteiger partial charge in [-0.3, -0.25) is 0 Å². The summed E-state index contributed by atoms with van der Waals surface area (Å²) in [4.78, 5) is 0. The highest BCUT2D eigenvalue weighted by Gasteiger charge is 2.09. The molecule has 2 nitrogen and oxygen atoms in total. The molecular weight excluding hydrogens is 248 g/mol. The van der Waals surface area contributed by atoms with Crippen LogP contribution >= 0.6 is 0 Å². The van der Waals surface area contributed by atoms with E-state index < -0.39 is 0 Å². The molecule has 0 unspecified atom stereocenters. The molecule has 2 aromatic carbocycles. The van der Waals surface area contributed by atoms with Crippen molar-refractivity contribution in [1.29, 1.82) is 0 Å². The lowest BCUT2D eigenvalue weighted by Gasteiger charge is -2.15. The highest BCUT2D eigenvalue weighted by atomic mass is 16.3. The normalized spacial score (nSPS) is 14.6. The van der Waals surface area contributed by atoms with Crippen LogP contribution in [0.3, 0.4) is 0 Å². The maximum Gasteiger partial charge on any atom is 0.115 e. The molecule has 0 saturated carbocycles. The quantitative estimate of drug-likeness (QED) is 0.846. The van der Waals surface area contributed by atoms with E-state index in [1.807, 2.05) is 24.3 Å². The van der Waals surface area contributed by atoms with E-state index in [0.717, 1.165) is 24.0 Å². The Kier molecular flexibility index (Phi) is 3.30. The Balaban J connectivity index is 1.77. The molecule has 2 N–H and O–H groups in total. The Morgan fingerprint density at radius 1 is 0.550 bits per heavy atom. The van der Waals surface area contributed by atoms with Gasteiger partial charge in [0.1, 0.15) is 11.5 Å². The third-order valence-electron chi connectivity index (χ3n) is 3.61. The third-order valence-corrected chi connectivity index (χ3v) is 3.61. The topological polar surface area (TPSA) is 40.5 Å². The zero-order valence-electron chi connectivity index (χ0n) is 11.1. The molecule has 0 fully saturated rings. The van der Waals surface area contributed by atoms with Gasteiger partial charge in [0.05, 0.1) is 0 Å². The number of allylic oxidation sites excluding steroid dienone is 4. The van der Waals surface area contributed by atoms with E-state index in [4.69, 9.17) is 0 Å². The minimum absolute atomic E-state index is 0.297. The van der Waals surface area contributed by atoms with E-state index in [1.54, 1.807) is 24.3 Å². The van der Waals surface area contributed by atoms with Crippen LogP contribution in [0.2, 0.25) is 0 Å². The van der Waals surface area contributed by atoms with E-state index in [-0.39, 0.29) is 0 Å². The lowest BCUT2D eigenvalue weighted by molar-refractivity contribution is 0.474. The van der Waals surface area contributed by atoms with Crippen LogP contribution in [0.25, 0.3) is 11.1 Å². The van der Waals surface area contributed by atoms with Crippen LogP contribution < -0.4 is 0 Å². The van der Waals surface area contributed by atoms with E-state index in [1.165, 1.54) is 11.1 Å². The maximum atomic E-state index is 9.32. The first kappa shape index (κ1) is 12.5. The number of benzene rings is 2. The number of hydrogen-bond acceptors (Lipinski definition) is 2. The number of rotatable bonds is 2. The summed E-state index contributed by atoms with van der Waals surface area (Å²) in [5.74, 6) is 0.593. The van der Waals surface area contributed by atoms with E-state index in [0.29, 0.717) is 11.5 Å². The maximum absolute atomic E-state index is 9.32. The fraction of sp³-hybridized carbons (Fsp3) is 0.111. The first-order chi connectivity index (χ1) is 9.72. The van der Waals surface area contributed by atoms with Crippen molar-refractivity contribution in [1.82, 2.24) is 0 Å². The van der Waals surface area contributed by atoms with Crippen LogP contribution in [0, 0.1) is 0 Å². The summed E-state index contributed by atoms with van der Waals surface area (Å²) in [6.07, 6.45) is 6.24. The van der Waals surface area contributed by atoms with Gasteiger partial charge in [-0.05, 0) is 59.4 Å². The van der Waals surface area contributed by atoms with Gasteiger partial charge >= 0.3 is 0 Å². The van der Waals surface area contributed by atoms with Crippen molar-refractivity contribution in [3.63, 3.8) is 0 Å². The fourth-order valence-corrected chi connectivity index (χ4v) is 2.46. The molecule has 20 heavy (non-hydrogen) atoms. The Hall–Kier alpha value is -2.48. The number of aromatic hydroxyl groups is 2. The van der Waals surface area contributed by atoms with Crippen LogP contribution in [0.4, 0.5) is 0 Å². The Labute approximate surface area is 118 Å². The largest absolute Gasteiger partial charge is 0.508 e. The minimum atomic E-state index is 0.297. The van der Waals surface area contributed by atoms with Crippen molar-refractivity contribution >= 4 is 11.1 Å². The first-order valence-corrected chi connectivity index (χ1v) is 6.69. The minimum Gasteiger partial charge on any atom is -0.508 e. The smallest absolute Gasteiger partial charge is 0.115 e. The molecule has 100 valence electrons. The van der Waals surface area contributed by atoms with Crippen molar-refractivity contribution in [2.45, 2.75) is 12.8 Å². The summed E-state index contributed by atoms with van der Waals surface area (Å²) in [6.45, 7) is 0. The second kappa shape index (κ2) is 5.25. The third kappa shape index (κ3) is 2.59. The molecule has 0 atom stereocenters. The van der Waals surface area contributed by atoms with Gasteiger partial charge < -0.3 is 10.2 Å². The van der Waals surface area contributed by atoms with Crippen LogP contribution in [0.5, 0.6) is 11.5 Å². The molecule has 3 rings (SSSR count). The van der Waals surface area contributed by atoms with Gasteiger partial charge in [-0.1, -0.05) is 36.4 Å². The summed E-state index contributed by atoms with van der Waals surface area (Å²) in [5, 5.41) is 18.6. The van der Waals surface area contributed by atoms with Gasteiger partial charge in [0.2, 0.25) is 0 Å². The highest BCUT2D eigenvalue weighted by Crippen LogP contribution is 2.31. The molecule has 0 aromatic heterocycles.